The van der Waals surface area contributed by atoms with E-state index in [0.29, 0.717) is 0 Å². The molecule has 100 valence electrons. The molecule has 2 aliphatic rings. The van der Waals surface area contributed by atoms with E-state index in [1.165, 1.54) is 64.5 Å². The topological polar surface area (TPSA) is 15.3 Å². The zero-order chi connectivity index (χ0) is 12.1. The third kappa shape index (κ3) is 3.96. The van der Waals surface area contributed by atoms with Gasteiger partial charge in [0.2, 0.25) is 0 Å². The van der Waals surface area contributed by atoms with Gasteiger partial charge in [0.25, 0.3) is 0 Å². The van der Waals surface area contributed by atoms with Crippen LogP contribution in [0.4, 0.5) is 0 Å². The summed E-state index contributed by atoms with van der Waals surface area (Å²) in [7, 11) is 2.16. The van der Waals surface area contributed by atoms with Crippen LogP contribution in [0.15, 0.2) is 0 Å². The normalized spacial score (nSPS) is 23.5. The predicted octanol–water partition coefficient (Wildman–Crippen LogP) is 3.03. The van der Waals surface area contributed by atoms with Crippen LogP contribution in [0.1, 0.15) is 58.3 Å². The fraction of sp³-hybridized carbons (Fsp3) is 1.00. The van der Waals surface area contributed by atoms with Crippen LogP contribution in [-0.4, -0.2) is 37.1 Å². The SMILES string of the molecule is CCCCN(CC(NC)C1CCCC1)C1CC1. The zero-order valence-electron chi connectivity index (χ0n) is 11.8. The van der Waals surface area contributed by atoms with E-state index < -0.39 is 0 Å². The Morgan fingerprint density at radius 1 is 1.18 bits per heavy atom. The van der Waals surface area contributed by atoms with E-state index in [-0.39, 0.29) is 0 Å². The lowest BCUT2D eigenvalue weighted by Crippen LogP contribution is -2.44. The number of likely N-dealkylation sites (N-methyl/N-ethyl adjacent to an activating group) is 1. The standard InChI is InChI=1S/C15H30N2/c1-3-4-11-17(14-9-10-14)12-15(16-2)13-7-5-6-8-13/h13-16H,3-12H2,1-2H3. The fourth-order valence-electron chi connectivity index (χ4n) is 3.31. The van der Waals surface area contributed by atoms with Crippen LogP contribution >= 0.6 is 0 Å². The summed E-state index contributed by atoms with van der Waals surface area (Å²) in [6, 6.07) is 1.67. The molecule has 0 saturated heterocycles. The lowest BCUT2D eigenvalue weighted by molar-refractivity contribution is 0.203. The second-order valence-corrected chi connectivity index (χ2v) is 6.02. The van der Waals surface area contributed by atoms with Crippen molar-refractivity contribution in [2.75, 3.05) is 20.1 Å². The van der Waals surface area contributed by atoms with Crippen LogP contribution in [0, 0.1) is 5.92 Å². The largest absolute Gasteiger partial charge is 0.315 e. The molecule has 0 aromatic rings. The summed E-state index contributed by atoms with van der Waals surface area (Å²) < 4.78 is 0. The Hall–Kier alpha value is -0.0800. The van der Waals surface area contributed by atoms with Crippen LogP contribution in [0.3, 0.4) is 0 Å². The lowest BCUT2D eigenvalue weighted by Gasteiger charge is -2.30. The summed E-state index contributed by atoms with van der Waals surface area (Å²) in [4.78, 5) is 2.77. The number of hydrogen-bond acceptors (Lipinski definition) is 2. The Kier molecular flexibility index (Phi) is 5.30. The summed E-state index contributed by atoms with van der Waals surface area (Å²) in [5.74, 6) is 0.947. The van der Waals surface area contributed by atoms with Gasteiger partial charge < -0.3 is 5.32 Å². The Morgan fingerprint density at radius 2 is 1.88 bits per heavy atom. The highest BCUT2D eigenvalue weighted by Crippen LogP contribution is 2.31. The maximum atomic E-state index is 3.59. The molecule has 0 radical (unpaired) electrons. The van der Waals surface area contributed by atoms with Gasteiger partial charge in [-0.15, -0.1) is 0 Å². The third-order valence-electron chi connectivity index (χ3n) is 4.63. The van der Waals surface area contributed by atoms with E-state index in [9.17, 15) is 0 Å². The highest BCUT2D eigenvalue weighted by atomic mass is 15.2. The van der Waals surface area contributed by atoms with E-state index in [0.717, 1.165) is 18.0 Å². The quantitative estimate of drug-likeness (QED) is 0.699. The maximum absolute atomic E-state index is 3.59. The molecular formula is C15H30N2. The molecule has 0 heterocycles. The van der Waals surface area contributed by atoms with Crippen LogP contribution in [0.5, 0.6) is 0 Å². The second kappa shape index (κ2) is 6.75. The Bertz CT molecular complexity index is 207. The van der Waals surface area contributed by atoms with Crippen LogP contribution < -0.4 is 5.32 Å². The van der Waals surface area contributed by atoms with Crippen molar-refractivity contribution in [3.05, 3.63) is 0 Å². The van der Waals surface area contributed by atoms with E-state index in [1.54, 1.807) is 0 Å². The van der Waals surface area contributed by atoms with E-state index >= 15 is 0 Å². The second-order valence-electron chi connectivity index (χ2n) is 6.02. The molecular weight excluding hydrogens is 208 g/mol. The van der Waals surface area contributed by atoms with Gasteiger partial charge in [0.15, 0.2) is 0 Å². The first-order valence-corrected chi connectivity index (χ1v) is 7.76. The van der Waals surface area contributed by atoms with Crippen molar-refractivity contribution in [3.63, 3.8) is 0 Å². The average molecular weight is 238 g/mol. The van der Waals surface area contributed by atoms with Gasteiger partial charge in [-0.25, -0.2) is 0 Å². The number of nitrogens with zero attached hydrogens (tertiary/aromatic N) is 1. The van der Waals surface area contributed by atoms with Crippen molar-refractivity contribution < 1.29 is 0 Å². The van der Waals surface area contributed by atoms with Gasteiger partial charge in [0.1, 0.15) is 0 Å². The molecule has 2 saturated carbocycles. The molecule has 2 aliphatic carbocycles. The van der Waals surface area contributed by atoms with Gasteiger partial charge in [0, 0.05) is 18.6 Å². The minimum Gasteiger partial charge on any atom is -0.315 e. The van der Waals surface area contributed by atoms with E-state index in [4.69, 9.17) is 0 Å². The first-order valence-electron chi connectivity index (χ1n) is 7.76. The minimum absolute atomic E-state index is 0.745. The minimum atomic E-state index is 0.745. The molecule has 17 heavy (non-hydrogen) atoms. The summed E-state index contributed by atoms with van der Waals surface area (Å²) in [5, 5.41) is 3.59. The van der Waals surface area contributed by atoms with Gasteiger partial charge in [-0.05, 0) is 51.6 Å². The Labute approximate surface area is 107 Å². The van der Waals surface area contributed by atoms with Gasteiger partial charge in [-0.1, -0.05) is 26.2 Å². The first-order chi connectivity index (χ1) is 8.35. The van der Waals surface area contributed by atoms with Crippen molar-refractivity contribution in [1.82, 2.24) is 10.2 Å². The highest BCUT2D eigenvalue weighted by Gasteiger charge is 2.32. The van der Waals surface area contributed by atoms with Crippen molar-refractivity contribution in [1.29, 1.82) is 0 Å². The third-order valence-corrected chi connectivity index (χ3v) is 4.63. The first kappa shape index (κ1) is 13.4. The molecule has 0 aliphatic heterocycles. The highest BCUT2D eigenvalue weighted by molar-refractivity contribution is 4.89. The molecule has 1 atom stereocenters. The summed E-state index contributed by atoms with van der Waals surface area (Å²) >= 11 is 0. The lowest BCUT2D eigenvalue weighted by atomic mass is 9.97. The number of hydrogen-bond donors (Lipinski definition) is 1. The Balaban J connectivity index is 1.81. The van der Waals surface area contributed by atoms with Gasteiger partial charge in [0.05, 0.1) is 0 Å². The fourth-order valence-corrected chi connectivity index (χ4v) is 3.31. The maximum Gasteiger partial charge on any atom is 0.0220 e. The van der Waals surface area contributed by atoms with Gasteiger partial charge in [-0.2, -0.15) is 0 Å². The summed E-state index contributed by atoms with van der Waals surface area (Å²) in [6.07, 6.45) is 11.4. The number of unbranched alkanes of at least 4 members (excludes halogenated alkanes) is 1. The molecule has 2 rings (SSSR count). The van der Waals surface area contributed by atoms with Crippen LogP contribution in [-0.2, 0) is 0 Å². The molecule has 0 aromatic heterocycles. The molecule has 2 nitrogen and oxygen atoms in total. The van der Waals surface area contributed by atoms with Crippen molar-refractivity contribution in [3.8, 4) is 0 Å². The molecule has 2 heteroatoms. The Morgan fingerprint density at radius 3 is 2.41 bits per heavy atom. The number of rotatable bonds is 8. The molecule has 0 aromatic carbocycles. The molecule has 0 bridgehead atoms. The van der Waals surface area contributed by atoms with E-state index in [1.807, 2.05) is 0 Å². The molecule has 0 spiro atoms. The van der Waals surface area contributed by atoms with Crippen molar-refractivity contribution in [2.45, 2.75) is 70.4 Å². The van der Waals surface area contributed by atoms with Crippen LogP contribution in [0.2, 0.25) is 0 Å². The summed E-state index contributed by atoms with van der Waals surface area (Å²) in [6.45, 7) is 4.93. The van der Waals surface area contributed by atoms with Gasteiger partial charge >= 0.3 is 0 Å². The summed E-state index contributed by atoms with van der Waals surface area (Å²) in [5.41, 5.74) is 0. The molecule has 1 unspecified atom stereocenters. The monoisotopic (exact) mass is 238 g/mol. The average Bonchev–Trinajstić information content (AvgIpc) is 3.05. The molecule has 0 amide bonds. The van der Waals surface area contributed by atoms with Crippen molar-refractivity contribution in [2.24, 2.45) is 5.92 Å². The van der Waals surface area contributed by atoms with E-state index in [2.05, 4.69) is 24.2 Å². The smallest absolute Gasteiger partial charge is 0.0220 e. The predicted molar refractivity (Wildman–Crippen MR) is 74.3 cm³/mol. The zero-order valence-corrected chi connectivity index (χ0v) is 11.8. The van der Waals surface area contributed by atoms with Gasteiger partial charge in [-0.3, -0.25) is 4.90 Å². The van der Waals surface area contributed by atoms with Crippen LogP contribution in [0.25, 0.3) is 0 Å². The van der Waals surface area contributed by atoms with Crippen molar-refractivity contribution >= 4 is 0 Å². The molecule has 2 fully saturated rings. The molecule has 1 N–H and O–H groups in total. The number of nitrogens with one attached hydrogen (secondary N) is 1.